The molecule has 0 aliphatic heterocycles. The lowest BCUT2D eigenvalue weighted by Gasteiger charge is -2.03. The van der Waals surface area contributed by atoms with Gasteiger partial charge >= 0.3 is 5.97 Å². The first-order chi connectivity index (χ1) is 9.08. The van der Waals surface area contributed by atoms with Crippen LogP contribution >= 0.6 is 11.3 Å². The van der Waals surface area contributed by atoms with Crippen molar-refractivity contribution in [3.63, 3.8) is 0 Å². The molecule has 0 aromatic carbocycles. The van der Waals surface area contributed by atoms with E-state index in [0.29, 0.717) is 16.4 Å². The predicted molar refractivity (Wildman–Crippen MR) is 74.7 cm³/mol. The van der Waals surface area contributed by atoms with Gasteiger partial charge in [-0.2, -0.15) is 0 Å². The lowest BCUT2D eigenvalue weighted by molar-refractivity contribution is 0.0603. The Morgan fingerprint density at radius 2 is 2.16 bits per heavy atom. The van der Waals surface area contributed by atoms with Crippen LogP contribution < -0.4 is 16.4 Å². The molecular formula is C12H17N3O3S. The number of amides is 1. The number of carbonyl (C=O) groups excluding carboxylic acids is 2. The van der Waals surface area contributed by atoms with Crippen LogP contribution in [0.5, 0.6) is 0 Å². The summed E-state index contributed by atoms with van der Waals surface area (Å²) in [5.41, 5.74) is 6.35. The van der Waals surface area contributed by atoms with Crippen molar-refractivity contribution in [3.8, 4) is 0 Å². The fourth-order valence-electron chi connectivity index (χ4n) is 1.68. The molecule has 0 unspecified atom stereocenters. The number of hydrogen-bond donors (Lipinski definition) is 3. The van der Waals surface area contributed by atoms with E-state index in [1.54, 1.807) is 0 Å². The first-order valence-corrected chi connectivity index (χ1v) is 6.95. The Kier molecular flexibility index (Phi) is 3.94. The van der Waals surface area contributed by atoms with Crippen molar-refractivity contribution in [2.75, 3.05) is 24.7 Å². The maximum absolute atomic E-state index is 12.0. The van der Waals surface area contributed by atoms with E-state index in [-0.39, 0.29) is 23.2 Å². The average Bonchev–Trinajstić information content (AvgIpc) is 3.13. The number of ether oxygens (including phenoxy) is 1. The molecule has 4 N–H and O–H groups in total. The highest BCUT2D eigenvalue weighted by Gasteiger charge is 2.29. The van der Waals surface area contributed by atoms with Gasteiger partial charge in [0, 0.05) is 12.6 Å². The van der Waals surface area contributed by atoms with Crippen LogP contribution in [0, 0.1) is 0 Å². The molecule has 1 aromatic rings. The van der Waals surface area contributed by atoms with Crippen molar-refractivity contribution < 1.29 is 14.3 Å². The Balaban J connectivity index is 2.32. The van der Waals surface area contributed by atoms with Gasteiger partial charge in [0.1, 0.15) is 15.4 Å². The fourth-order valence-corrected chi connectivity index (χ4v) is 2.76. The highest BCUT2D eigenvalue weighted by Crippen LogP contribution is 2.36. The van der Waals surface area contributed by atoms with E-state index in [4.69, 9.17) is 10.5 Å². The Labute approximate surface area is 115 Å². The lowest BCUT2D eigenvalue weighted by Crippen LogP contribution is -2.25. The summed E-state index contributed by atoms with van der Waals surface area (Å²) < 4.78 is 4.71. The van der Waals surface area contributed by atoms with Crippen LogP contribution in [0.2, 0.25) is 0 Å². The maximum atomic E-state index is 12.0. The molecule has 1 aliphatic carbocycles. The Bertz CT molecular complexity index is 509. The molecule has 0 spiro atoms. The predicted octanol–water partition coefficient (Wildman–Crippen LogP) is 1.44. The van der Waals surface area contributed by atoms with Gasteiger partial charge in [-0.25, -0.2) is 4.79 Å². The van der Waals surface area contributed by atoms with Crippen LogP contribution in [-0.2, 0) is 4.74 Å². The van der Waals surface area contributed by atoms with Crippen molar-refractivity contribution in [2.24, 2.45) is 0 Å². The van der Waals surface area contributed by atoms with Crippen molar-refractivity contribution >= 4 is 33.9 Å². The lowest BCUT2D eigenvalue weighted by atomic mass is 10.2. The van der Waals surface area contributed by atoms with Gasteiger partial charge in [-0.05, 0) is 19.8 Å². The van der Waals surface area contributed by atoms with Gasteiger partial charge in [-0.1, -0.05) is 0 Å². The minimum absolute atomic E-state index is 0.186. The number of nitrogens with one attached hydrogen (secondary N) is 2. The second kappa shape index (κ2) is 5.48. The number of esters is 1. The van der Waals surface area contributed by atoms with Crippen molar-refractivity contribution in [1.82, 2.24) is 5.32 Å². The normalized spacial score (nSPS) is 14.0. The summed E-state index contributed by atoms with van der Waals surface area (Å²) in [4.78, 5) is 24.1. The number of nitrogen functional groups attached to an aromatic ring is 1. The summed E-state index contributed by atoms with van der Waals surface area (Å²) >= 11 is 1.18. The largest absolute Gasteiger partial charge is 0.465 e. The van der Waals surface area contributed by atoms with Gasteiger partial charge < -0.3 is 21.1 Å². The second-order valence-electron chi connectivity index (χ2n) is 4.32. The highest BCUT2D eigenvalue weighted by atomic mass is 32.1. The molecule has 0 saturated heterocycles. The molecule has 1 amide bonds. The second-order valence-corrected chi connectivity index (χ2v) is 5.34. The summed E-state index contributed by atoms with van der Waals surface area (Å²) in [6.45, 7) is 2.54. The molecule has 1 heterocycles. The molecule has 1 fully saturated rings. The molecule has 0 bridgehead atoms. The number of anilines is 2. The van der Waals surface area contributed by atoms with Crippen LogP contribution in [0.1, 0.15) is 39.8 Å². The summed E-state index contributed by atoms with van der Waals surface area (Å²) in [6, 6.07) is 0.248. The third kappa shape index (κ3) is 2.81. The number of thiophene rings is 1. The van der Waals surface area contributed by atoms with Crippen LogP contribution in [-0.4, -0.2) is 31.6 Å². The third-order valence-electron chi connectivity index (χ3n) is 2.79. The fraction of sp³-hybridized carbons (Fsp3) is 0.500. The number of hydrogen-bond acceptors (Lipinski definition) is 6. The molecule has 0 atom stereocenters. The molecule has 1 aliphatic rings. The van der Waals surface area contributed by atoms with Gasteiger partial charge in [-0.15, -0.1) is 11.3 Å². The summed E-state index contributed by atoms with van der Waals surface area (Å²) in [7, 11) is 1.29. The molecule has 0 radical (unpaired) electrons. The minimum atomic E-state index is -0.532. The molecule has 2 rings (SSSR count). The van der Waals surface area contributed by atoms with Crippen LogP contribution in [0.15, 0.2) is 0 Å². The quantitative estimate of drug-likeness (QED) is 0.711. The molecule has 1 aromatic heterocycles. The zero-order valence-electron chi connectivity index (χ0n) is 10.9. The number of methoxy groups -OCH3 is 1. The monoisotopic (exact) mass is 283 g/mol. The SMILES string of the molecule is CCNc1sc(C(=O)NC2CC2)c(N)c1C(=O)OC. The van der Waals surface area contributed by atoms with E-state index < -0.39 is 5.97 Å². The van der Waals surface area contributed by atoms with Gasteiger partial charge in [0.2, 0.25) is 0 Å². The van der Waals surface area contributed by atoms with Crippen LogP contribution in [0.25, 0.3) is 0 Å². The van der Waals surface area contributed by atoms with E-state index in [9.17, 15) is 9.59 Å². The maximum Gasteiger partial charge on any atom is 0.343 e. The molecule has 19 heavy (non-hydrogen) atoms. The first-order valence-electron chi connectivity index (χ1n) is 6.13. The van der Waals surface area contributed by atoms with E-state index in [0.717, 1.165) is 12.8 Å². The highest BCUT2D eigenvalue weighted by molar-refractivity contribution is 7.19. The summed E-state index contributed by atoms with van der Waals surface area (Å²) in [5, 5.41) is 6.47. The molecular weight excluding hydrogens is 266 g/mol. The van der Waals surface area contributed by atoms with E-state index in [1.807, 2.05) is 6.92 Å². The smallest absolute Gasteiger partial charge is 0.343 e. The summed E-state index contributed by atoms with van der Waals surface area (Å²) in [5.74, 6) is -0.755. The van der Waals surface area contributed by atoms with Crippen molar-refractivity contribution in [1.29, 1.82) is 0 Å². The van der Waals surface area contributed by atoms with Crippen LogP contribution in [0.3, 0.4) is 0 Å². The van der Waals surface area contributed by atoms with Crippen molar-refractivity contribution in [2.45, 2.75) is 25.8 Å². The van der Waals surface area contributed by atoms with E-state index >= 15 is 0 Å². The average molecular weight is 283 g/mol. The third-order valence-corrected chi connectivity index (χ3v) is 3.95. The van der Waals surface area contributed by atoms with Crippen molar-refractivity contribution in [3.05, 3.63) is 10.4 Å². The number of rotatable bonds is 5. The Morgan fingerprint density at radius 1 is 1.47 bits per heavy atom. The standard InChI is InChI=1S/C12H17N3O3S/c1-3-14-11-7(12(17)18-2)8(13)9(19-11)10(16)15-6-4-5-6/h6,14H,3-5,13H2,1-2H3,(H,15,16). The number of carbonyl (C=O) groups is 2. The topological polar surface area (TPSA) is 93.5 Å². The van der Waals surface area contributed by atoms with Gasteiger partial charge in [-0.3, -0.25) is 4.79 Å². The molecule has 104 valence electrons. The summed E-state index contributed by atoms with van der Waals surface area (Å²) in [6.07, 6.45) is 2.00. The molecule has 6 nitrogen and oxygen atoms in total. The minimum Gasteiger partial charge on any atom is -0.465 e. The van der Waals surface area contributed by atoms with Gasteiger partial charge in [0.05, 0.1) is 12.8 Å². The van der Waals surface area contributed by atoms with Gasteiger partial charge in [0.25, 0.3) is 5.91 Å². The van der Waals surface area contributed by atoms with E-state index in [1.165, 1.54) is 18.4 Å². The van der Waals surface area contributed by atoms with E-state index in [2.05, 4.69) is 10.6 Å². The molecule has 7 heteroatoms. The zero-order chi connectivity index (χ0) is 14.0. The first kappa shape index (κ1) is 13.7. The van der Waals surface area contributed by atoms with Gasteiger partial charge in [0.15, 0.2) is 0 Å². The van der Waals surface area contributed by atoms with Crippen LogP contribution in [0.4, 0.5) is 10.7 Å². The number of nitrogens with two attached hydrogens (primary N) is 1. The Hall–Kier alpha value is -1.76. The molecule has 1 saturated carbocycles. The Morgan fingerprint density at radius 3 is 2.68 bits per heavy atom. The zero-order valence-corrected chi connectivity index (χ0v) is 11.7.